The normalized spacial score (nSPS) is 22.4. The lowest BCUT2D eigenvalue weighted by Crippen LogP contribution is -2.31. The van der Waals surface area contributed by atoms with Crippen molar-refractivity contribution in [2.75, 3.05) is 19.8 Å². The smallest absolute Gasteiger partial charge is 0.225 e. The molecule has 1 unspecified atom stereocenters. The minimum atomic E-state index is 0.0885. The van der Waals surface area contributed by atoms with Gasteiger partial charge in [0.15, 0.2) is 0 Å². The number of carbonyl (C=O) groups excluding carboxylic acids is 1. The Morgan fingerprint density at radius 1 is 1.69 bits per heavy atom. The first-order valence-corrected chi connectivity index (χ1v) is 4.81. The second-order valence-corrected chi connectivity index (χ2v) is 3.21. The molecular formula is C10H17NO2. The molecule has 1 aliphatic heterocycles. The van der Waals surface area contributed by atoms with E-state index in [2.05, 4.69) is 5.32 Å². The van der Waals surface area contributed by atoms with Gasteiger partial charge in [0.05, 0.1) is 12.5 Å². The lowest BCUT2D eigenvalue weighted by Gasteiger charge is -2.07. The maximum Gasteiger partial charge on any atom is 0.225 e. The Morgan fingerprint density at radius 2 is 2.54 bits per heavy atom. The topological polar surface area (TPSA) is 38.3 Å². The third-order valence-electron chi connectivity index (χ3n) is 2.15. The number of hydrogen-bond donors (Lipinski definition) is 1. The molecule has 0 aromatic carbocycles. The molecule has 13 heavy (non-hydrogen) atoms. The molecule has 0 radical (unpaired) electrons. The van der Waals surface area contributed by atoms with Gasteiger partial charge in [-0.15, -0.1) is 0 Å². The Labute approximate surface area is 79.2 Å². The van der Waals surface area contributed by atoms with Crippen molar-refractivity contribution in [3.05, 3.63) is 12.2 Å². The first-order valence-electron chi connectivity index (χ1n) is 4.81. The van der Waals surface area contributed by atoms with Crippen LogP contribution in [0.2, 0.25) is 0 Å². The van der Waals surface area contributed by atoms with Crippen LogP contribution in [0.3, 0.4) is 0 Å². The summed E-state index contributed by atoms with van der Waals surface area (Å²) in [6, 6.07) is 0. The molecule has 0 saturated carbocycles. The molecule has 1 fully saturated rings. The van der Waals surface area contributed by atoms with E-state index in [4.69, 9.17) is 4.74 Å². The van der Waals surface area contributed by atoms with Gasteiger partial charge in [-0.3, -0.25) is 4.79 Å². The predicted octanol–water partition coefficient (Wildman–Crippen LogP) is 1.11. The van der Waals surface area contributed by atoms with E-state index in [0.29, 0.717) is 6.61 Å². The van der Waals surface area contributed by atoms with E-state index in [1.54, 1.807) is 0 Å². The molecule has 1 amide bonds. The number of allylic oxidation sites excluding steroid dienone is 1. The second-order valence-electron chi connectivity index (χ2n) is 3.21. The van der Waals surface area contributed by atoms with Crippen molar-refractivity contribution in [1.29, 1.82) is 0 Å². The molecule has 3 heteroatoms. The van der Waals surface area contributed by atoms with Gasteiger partial charge in [-0.1, -0.05) is 12.2 Å². The van der Waals surface area contributed by atoms with Gasteiger partial charge in [-0.2, -0.15) is 0 Å². The van der Waals surface area contributed by atoms with Gasteiger partial charge in [-0.05, 0) is 19.8 Å². The number of rotatable bonds is 4. The summed E-state index contributed by atoms with van der Waals surface area (Å²) in [6.45, 7) is 4.04. The van der Waals surface area contributed by atoms with Gasteiger partial charge in [0.2, 0.25) is 5.91 Å². The summed E-state index contributed by atoms with van der Waals surface area (Å²) in [5.74, 6) is 0.229. The van der Waals surface area contributed by atoms with Crippen molar-refractivity contribution in [2.45, 2.75) is 19.8 Å². The van der Waals surface area contributed by atoms with Crippen LogP contribution in [0.1, 0.15) is 19.8 Å². The predicted molar refractivity (Wildman–Crippen MR) is 51.4 cm³/mol. The summed E-state index contributed by atoms with van der Waals surface area (Å²) in [6.07, 6.45) is 5.82. The highest BCUT2D eigenvalue weighted by Gasteiger charge is 2.22. The van der Waals surface area contributed by atoms with Crippen LogP contribution in [0.15, 0.2) is 12.2 Å². The Morgan fingerprint density at radius 3 is 3.15 bits per heavy atom. The number of carbonyl (C=O) groups is 1. The Bertz CT molecular complexity index is 183. The Kier molecular flexibility index (Phi) is 4.54. The van der Waals surface area contributed by atoms with Crippen LogP contribution in [0.4, 0.5) is 0 Å². The molecule has 1 saturated heterocycles. The maximum absolute atomic E-state index is 11.4. The third kappa shape index (κ3) is 3.59. The zero-order valence-corrected chi connectivity index (χ0v) is 8.08. The highest BCUT2D eigenvalue weighted by molar-refractivity contribution is 5.78. The number of ether oxygens (including phenoxy) is 1. The zero-order chi connectivity index (χ0) is 9.52. The first kappa shape index (κ1) is 10.3. The monoisotopic (exact) mass is 183 g/mol. The van der Waals surface area contributed by atoms with Crippen molar-refractivity contribution in [2.24, 2.45) is 5.92 Å². The van der Waals surface area contributed by atoms with E-state index in [0.717, 1.165) is 26.0 Å². The molecule has 1 N–H and O–H groups in total. The average Bonchev–Trinajstić information content (AvgIpc) is 2.65. The van der Waals surface area contributed by atoms with Crippen LogP contribution in [0.25, 0.3) is 0 Å². The fourth-order valence-electron chi connectivity index (χ4n) is 1.33. The van der Waals surface area contributed by atoms with E-state index in [1.807, 2.05) is 19.1 Å². The van der Waals surface area contributed by atoms with Crippen molar-refractivity contribution in [3.63, 3.8) is 0 Å². The molecule has 3 nitrogen and oxygen atoms in total. The minimum Gasteiger partial charge on any atom is -0.381 e. The number of hydrogen-bond acceptors (Lipinski definition) is 2. The van der Waals surface area contributed by atoms with Crippen molar-refractivity contribution < 1.29 is 9.53 Å². The summed E-state index contributed by atoms with van der Waals surface area (Å²) in [5.41, 5.74) is 0. The molecule has 0 aromatic heterocycles. The molecule has 1 atom stereocenters. The maximum atomic E-state index is 11.4. The highest BCUT2D eigenvalue weighted by Crippen LogP contribution is 2.11. The van der Waals surface area contributed by atoms with E-state index in [-0.39, 0.29) is 11.8 Å². The van der Waals surface area contributed by atoms with Crippen LogP contribution in [-0.4, -0.2) is 25.7 Å². The number of amides is 1. The molecule has 0 aromatic rings. The van der Waals surface area contributed by atoms with Crippen LogP contribution in [0.5, 0.6) is 0 Å². The van der Waals surface area contributed by atoms with Gasteiger partial charge in [-0.25, -0.2) is 0 Å². The number of nitrogens with one attached hydrogen (secondary N) is 1. The summed E-state index contributed by atoms with van der Waals surface area (Å²) in [4.78, 5) is 11.4. The molecule has 0 bridgehead atoms. The van der Waals surface area contributed by atoms with Gasteiger partial charge in [0.25, 0.3) is 0 Å². The fourth-order valence-corrected chi connectivity index (χ4v) is 1.33. The van der Waals surface area contributed by atoms with Crippen LogP contribution >= 0.6 is 0 Å². The first-order chi connectivity index (χ1) is 6.34. The molecule has 1 aliphatic rings. The van der Waals surface area contributed by atoms with E-state index in [9.17, 15) is 4.79 Å². The third-order valence-corrected chi connectivity index (χ3v) is 2.15. The molecule has 1 rings (SSSR count). The quantitative estimate of drug-likeness (QED) is 0.523. The average molecular weight is 183 g/mol. The molecule has 0 spiro atoms. The lowest BCUT2D eigenvalue weighted by molar-refractivity contribution is -0.124. The Hall–Kier alpha value is -0.830. The minimum absolute atomic E-state index is 0.0885. The van der Waals surface area contributed by atoms with Gasteiger partial charge < -0.3 is 10.1 Å². The second kappa shape index (κ2) is 5.75. The Balaban J connectivity index is 2.09. The molecule has 0 aliphatic carbocycles. The van der Waals surface area contributed by atoms with Gasteiger partial charge in [0, 0.05) is 13.2 Å². The highest BCUT2D eigenvalue weighted by atomic mass is 16.5. The SMILES string of the molecule is C/C=C/CCNC(=O)C1CCOC1. The molecule has 1 heterocycles. The van der Waals surface area contributed by atoms with Gasteiger partial charge in [0.1, 0.15) is 0 Å². The molecule has 74 valence electrons. The summed E-state index contributed by atoms with van der Waals surface area (Å²) < 4.78 is 5.13. The standard InChI is InChI=1S/C10H17NO2/c1-2-3-4-6-11-10(12)9-5-7-13-8-9/h2-3,9H,4-8H2,1H3,(H,11,12)/b3-2+. The van der Waals surface area contributed by atoms with Crippen LogP contribution < -0.4 is 5.32 Å². The van der Waals surface area contributed by atoms with E-state index in [1.165, 1.54) is 0 Å². The van der Waals surface area contributed by atoms with Crippen molar-refractivity contribution in [3.8, 4) is 0 Å². The fraction of sp³-hybridized carbons (Fsp3) is 0.700. The van der Waals surface area contributed by atoms with Crippen LogP contribution in [-0.2, 0) is 9.53 Å². The summed E-state index contributed by atoms with van der Waals surface area (Å²) >= 11 is 0. The largest absolute Gasteiger partial charge is 0.381 e. The zero-order valence-electron chi connectivity index (χ0n) is 8.08. The van der Waals surface area contributed by atoms with Crippen LogP contribution in [0, 0.1) is 5.92 Å². The van der Waals surface area contributed by atoms with E-state index < -0.39 is 0 Å². The summed E-state index contributed by atoms with van der Waals surface area (Å²) in [7, 11) is 0. The van der Waals surface area contributed by atoms with E-state index >= 15 is 0 Å². The lowest BCUT2D eigenvalue weighted by atomic mass is 10.1. The summed E-state index contributed by atoms with van der Waals surface area (Å²) in [5, 5.41) is 2.89. The van der Waals surface area contributed by atoms with Crippen molar-refractivity contribution in [1.82, 2.24) is 5.32 Å². The molecular weight excluding hydrogens is 166 g/mol. The van der Waals surface area contributed by atoms with Gasteiger partial charge >= 0.3 is 0 Å². The van der Waals surface area contributed by atoms with Crippen molar-refractivity contribution >= 4 is 5.91 Å².